The van der Waals surface area contributed by atoms with Crippen molar-refractivity contribution in [3.63, 3.8) is 0 Å². The number of carbonyl (C=O) groups excluding carboxylic acids is 1. The van der Waals surface area contributed by atoms with Crippen LogP contribution in [0.15, 0.2) is 22.7 Å². The van der Waals surface area contributed by atoms with Crippen molar-refractivity contribution in [3.8, 4) is 0 Å². The van der Waals surface area contributed by atoms with Crippen LogP contribution in [0, 0.1) is 6.92 Å². The van der Waals surface area contributed by atoms with E-state index >= 15 is 0 Å². The maximum atomic E-state index is 12.4. The highest BCUT2D eigenvalue weighted by Gasteiger charge is 2.20. The minimum atomic E-state index is 0.109. The van der Waals surface area contributed by atoms with Crippen LogP contribution in [0.5, 0.6) is 0 Å². The molecule has 94 valence electrons. The van der Waals surface area contributed by atoms with Crippen LogP contribution in [-0.2, 0) is 0 Å². The summed E-state index contributed by atoms with van der Waals surface area (Å²) in [5.41, 5.74) is 1.85. The number of halogens is 1. The molecule has 1 atom stereocenters. The van der Waals surface area contributed by atoms with E-state index in [1.807, 2.05) is 36.9 Å². The van der Waals surface area contributed by atoms with Gasteiger partial charge in [0.2, 0.25) is 0 Å². The zero-order chi connectivity index (χ0) is 13.0. The Morgan fingerprint density at radius 2 is 2.06 bits per heavy atom. The SMILES string of the molecule is CCC(C)N(CC)C(=O)c1cccc(C)c1Br. The summed E-state index contributed by atoms with van der Waals surface area (Å²) in [4.78, 5) is 14.4. The summed E-state index contributed by atoms with van der Waals surface area (Å²) in [6.07, 6.45) is 0.975. The Morgan fingerprint density at radius 3 is 2.59 bits per heavy atom. The Balaban J connectivity index is 3.06. The summed E-state index contributed by atoms with van der Waals surface area (Å²) >= 11 is 3.50. The van der Waals surface area contributed by atoms with Gasteiger partial charge in [0, 0.05) is 17.1 Å². The van der Waals surface area contributed by atoms with Gasteiger partial charge in [-0.2, -0.15) is 0 Å². The predicted molar refractivity (Wildman–Crippen MR) is 75.3 cm³/mol. The Labute approximate surface area is 112 Å². The molecule has 1 amide bonds. The lowest BCUT2D eigenvalue weighted by Crippen LogP contribution is -2.38. The number of benzene rings is 1. The van der Waals surface area contributed by atoms with Crippen molar-refractivity contribution >= 4 is 21.8 Å². The quantitative estimate of drug-likeness (QED) is 0.822. The standard InChI is InChI=1S/C14H20BrNO/c1-5-11(4)16(6-2)14(17)12-9-7-8-10(3)13(12)15/h7-9,11H,5-6H2,1-4H3. The number of amides is 1. The highest BCUT2D eigenvalue weighted by Crippen LogP contribution is 2.23. The largest absolute Gasteiger partial charge is 0.336 e. The van der Waals surface area contributed by atoms with Crippen LogP contribution in [0.3, 0.4) is 0 Å². The second-order valence-electron chi connectivity index (χ2n) is 4.28. The Hall–Kier alpha value is -0.830. The number of aryl methyl sites for hydroxylation is 1. The minimum Gasteiger partial charge on any atom is -0.336 e. The van der Waals surface area contributed by atoms with Gasteiger partial charge < -0.3 is 4.90 Å². The van der Waals surface area contributed by atoms with E-state index in [4.69, 9.17) is 0 Å². The summed E-state index contributed by atoms with van der Waals surface area (Å²) < 4.78 is 0.909. The van der Waals surface area contributed by atoms with Crippen LogP contribution < -0.4 is 0 Å². The average Bonchev–Trinajstić information content (AvgIpc) is 2.33. The Bertz CT molecular complexity index is 403. The molecule has 0 saturated heterocycles. The first-order valence-electron chi connectivity index (χ1n) is 6.08. The van der Waals surface area contributed by atoms with E-state index in [9.17, 15) is 4.79 Å². The molecule has 0 fully saturated rings. The predicted octanol–water partition coefficient (Wildman–Crippen LogP) is 4.02. The first kappa shape index (κ1) is 14.2. The lowest BCUT2D eigenvalue weighted by molar-refractivity contribution is 0.0699. The molecule has 1 aromatic rings. The van der Waals surface area contributed by atoms with Gasteiger partial charge in [-0.3, -0.25) is 4.79 Å². The van der Waals surface area contributed by atoms with Crippen LogP contribution >= 0.6 is 15.9 Å². The molecule has 0 aromatic heterocycles. The minimum absolute atomic E-state index is 0.109. The first-order valence-corrected chi connectivity index (χ1v) is 6.88. The lowest BCUT2D eigenvalue weighted by atomic mass is 10.1. The van der Waals surface area contributed by atoms with E-state index in [0.717, 1.165) is 28.6 Å². The van der Waals surface area contributed by atoms with Crippen LogP contribution in [0.4, 0.5) is 0 Å². The third-order valence-electron chi connectivity index (χ3n) is 3.15. The summed E-state index contributed by atoms with van der Waals surface area (Å²) in [7, 11) is 0. The summed E-state index contributed by atoms with van der Waals surface area (Å²) in [6.45, 7) is 8.96. The summed E-state index contributed by atoms with van der Waals surface area (Å²) in [5.74, 6) is 0.109. The van der Waals surface area contributed by atoms with Crippen LogP contribution in [0.25, 0.3) is 0 Å². The molecule has 2 nitrogen and oxygen atoms in total. The maximum Gasteiger partial charge on any atom is 0.255 e. The number of hydrogen-bond acceptors (Lipinski definition) is 1. The van der Waals surface area contributed by atoms with E-state index in [1.54, 1.807) is 0 Å². The van der Waals surface area contributed by atoms with Gasteiger partial charge in [0.05, 0.1) is 5.56 Å². The van der Waals surface area contributed by atoms with Crippen molar-refractivity contribution < 1.29 is 4.79 Å². The molecule has 1 aromatic carbocycles. The number of rotatable bonds is 4. The fourth-order valence-corrected chi connectivity index (χ4v) is 2.28. The fraction of sp³-hybridized carbons (Fsp3) is 0.500. The highest BCUT2D eigenvalue weighted by atomic mass is 79.9. The van der Waals surface area contributed by atoms with Crippen molar-refractivity contribution in [1.82, 2.24) is 4.90 Å². The third kappa shape index (κ3) is 3.09. The molecule has 0 N–H and O–H groups in total. The van der Waals surface area contributed by atoms with Gasteiger partial charge in [-0.1, -0.05) is 19.1 Å². The van der Waals surface area contributed by atoms with Gasteiger partial charge >= 0.3 is 0 Å². The molecule has 17 heavy (non-hydrogen) atoms. The molecule has 0 bridgehead atoms. The molecule has 0 aliphatic rings. The van der Waals surface area contributed by atoms with Gasteiger partial charge in [-0.25, -0.2) is 0 Å². The van der Waals surface area contributed by atoms with Crippen molar-refractivity contribution in [2.24, 2.45) is 0 Å². The normalized spacial score (nSPS) is 12.3. The van der Waals surface area contributed by atoms with Gasteiger partial charge in [-0.15, -0.1) is 0 Å². The van der Waals surface area contributed by atoms with E-state index < -0.39 is 0 Å². The van der Waals surface area contributed by atoms with Crippen LogP contribution in [0.2, 0.25) is 0 Å². The van der Waals surface area contributed by atoms with Crippen LogP contribution in [0.1, 0.15) is 43.1 Å². The topological polar surface area (TPSA) is 20.3 Å². The molecule has 0 aliphatic carbocycles. The monoisotopic (exact) mass is 297 g/mol. The number of carbonyl (C=O) groups is 1. The fourth-order valence-electron chi connectivity index (χ4n) is 1.84. The smallest absolute Gasteiger partial charge is 0.255 e. The van der Waals surface area contributed by atoms with Gasteiger partial charge in [0.25, 0.3) is 5.91 Å². The van der Waals surface area contributed by atoms with Gasteiger partial charge in [0.1, 0.15) is 0 Å². The van der Waals surface area contributed by atoms with E-state index in [1.165, 1.54) is 0 Å². The zero-order valence-electron chi connectivity index (χ0n) is 11.0. The van der Waals surface area contributed by atoms with Crippen molar-refractivity contribution in [2.45, 2.75) is 40.2 Å². The van der Waals surface area contributed by atoms with E-state index in [0.29, 0.717) is 0 Å². The molecule has 0 saturated carbocycles. The molecular weight excluding hydrogens is 278 g/mol. The molecule has 0 aliphatic heterocycles. The van der Waals surface area contributed by atoms with Crippen molar-refractivity contribution in [3.05, 3.63) is 33.8 Å². The second kappa shape index (κ2) is 6.20. The Kier molecular flexibility index (Phi) is 5.19. The average molecular weight is 298 g/mol. The van der Waals surface area contributed by atoms with E-state index in [2.05, 4.69) is 29.8 Å². The second-order valence-corrected chi connectivity index (χ2v) is 5.08. The molecule has 1 unspecified atom stereocenters. The summed E-state index contributed by atoms with van der Waals surface area (Å²) in [6, 6.07) is 6.09. The maximum absolute atomic E-state index is 12.4. The molecule has 1 rings (SSSR count). The van der Waals surface area contributed by atoms with Crippen molar-refractivity contribution in [1.29, 1.82) is 0 Å². The molecular formula is C14H20BrNO. The first-order chi connectivity index (χ1) is 8.02. The Morgan fingerprint density at radius 1 is 1.41 bits per heavy atom. The molecule has 3 heteroatoms. The van der Waals surface area contributed by atoms with Gasteiger partial charge in [-0.05, 0) is 54.8 Å². The lowest BCUT2D eigenvalue weighted by Gasteiger charge is -2.27. The molecule has 0 heterocycles. The summed E-state index contributed by atoms with van der Waals surface area (Å²) in [5, 5.41) is 0. The van der Waals surface area contributed by atoms with Crippen LogP contribution in [-0.4, -0.2) is 23.4 Å². The van der Waals surface area contributed by atoms with Gasteiger partial charge in [0.15, 0.2) is 0 Å². The molecule has 0 radical (unpaired) electrons. The van der Waals surface area contributed by atoms with Crippen molar-refractivity contribution in [2.75, 3.05) is 6.54 Å². The third-order valence-corrected chi connectivity index (χ3v) is 4.20. The van der Waals surface area contributed by atoms with E-state index in [-0.39, 0.29) is 11.9 Å². The number of nitrogens with zero attached hydrogens (tertiary/aromatic N) is 1. The zero-order valence-corrected chi connectivity index (χ0v) is 12.5. The number of hydrogen-bond donors (Lipinski definition) is 0. The molecule has 0 spiro atoms. The highest BCUT2D eigenvalue weighted by molar-refractivity contribution is 9.10.